The van der Waals surface area contributed by atoms with Gasteiger partial charge in [0, 0.05) is 43.8 Å². The Hall–Kier alpha value is -2.75. The first-order valence-corrected chi connectivity index (χ1v) is 12.4. The minimum atomic E-state index is -3.40. The number of hydrogen-bond donors (Lipinski definition) is 1. The van der Waals surface area contributed by atoms with Crippen LogP contribution in [0.1, 0.15) is 18.4 Å². The largest absolute Gasteiger partial charge is 0.378 e. The van der Waals surface area contributed by atoms with Crippen molar-refractivity contribution >= 4 is 38.4 Å². The summed E-state index contributed by atoms with van der Waals surface area (Å²) in [6.45, 7) is 1.21. The van der Waals surface area contributed by atoms with Crippen LogP contribution in [0, 0.1) is 0 Å². The summed E-state index contributed by atoms with van der Waals surface area (Å²) in [5.74, 6) is 0. The number of sulfonamides is 1. The molecule has 31 heavy (non-hydrogen) atoms. The predicted molar refractivity (Wildman–Crippen MR) is 128 cm³/mol. The number of nitrogens with one attached hydrogen (secondary N) is 1. The lowest BCUT2D eigenvalue weighted by Gasteiger charge is -2.15. The summed E-state index contributed by atoms with van der Waals surface area (Å²) in [5, 5.41) is 6.85. The van der Waals surface area contributed by atoms with Crippen LogP contribution in [-0.2, 0) is 10.0 Å². The van der Waals surface area contributed by atoms with Crippen molar-refractivity contribution in [3.05, 3.63) is 59.5 Å². The topological polar surface area (TPSA) is 77.9 Å². The standard InChI is InChI=1S/C22H25N5O2S2/c1-26(2)19-9-5-17(6-10-19)15-23-25-22-24-21(16-30-22)18-7-11-20(12-8-18)31(28,29)27-13-3-4-14-27/h5-12,15-16H,3-4,13-14H2,1-2H3,(H,24,25). The molecule has 9 heteroatoms. The molecule has 0 bridgehead atoms. The van der Waals surface area contributed by atoms with Gasteiger partial charge in [0.1, 0.15) is 0 Å². The fourth-order valence-corrected chi connectivity index (χ4v) is 5.54. The Morgan fingerprint density at radius 3 is 2.39 bits per heavy atom. The first-order valence-electron chi connectivity index (χ1n) is 10.1. The van der Waals surface area contributed by atoms with E-state index in [4.69, 9.17) is 0 Å². The fourth-order valence-electron chi connectivity index (χ4n) is 3.35. The van der Waals surface area contributed by atoms with Gasteiger partial charge in [0.25, 0.3) is 0 Å². The van der Waals surface area contributed by atoms with Crippen LogP contribution in [0.15, 0.2) is 63.9 Å². The minimum Gasteiger partial charge on any atom is -0.378 e. The molecule has 0 spiro atoms. The molecule has 0 saturated carbocycles. The lowest BCUT2D eigenvalue weighted by atomic mass is 10.2. The van der Waals surface area contributed by atoms with Crippen LogP contribution in [0.5, 0.6) is 0 Å². The van der Waals surface area contributed by atoms with Gasteiger partial charge in [-0.05, 0) is 42.7 Å². The van der Waals surface area contributed by atoms with Gasteiger partial charge in [0.15, 0.2) is 0 Å². The average Bonchev–Trinajstić information content (AvgIpc) is 3.47. The fraction of sp³-hybridized carbons (Fsp3) is 0.273. The number of hydrogen-bond acceptors (Lipinski definition) is 7. The first kappa shape index (κ1) is 21.5. The number of nitrogens with zero attached hydrogens (tertiary/aromatic N) is 4. The molecule has 2 heterocycles. The number of aromatic nitrogens is 1. The van der Waals surface area contributed by atoms with Crippen molar-refractivity contribution in [3.8, 4) is 11.3 Å². The zero-order chi connectivity index (χ0) is 21.8. The second kappa shape index (κ2) is 9.17. The minimum absolute atomic E-state index is 0.330. The van der Waals surface area contributed by atoms with E-state index in [2.05, 4.69) is 15.5 Å². The van der Waals surface area contributed by atoms with Crippen molar-refractivity contribution in [3.63, 3.8) is 0 Å². The summed E-state index contributed by atoms with van der Waals surface area (Å²) in [7, 11) is 0.612. The molecule has 1 aliphatic rings. The summed E-state index contributed by atoms with van der Waals surface area (Å²) in [5.41, 5.74) is 6.73. The van der Waals surface area contributed by atoms with E-state index >= 15 is 0 Å². The third-order valence-corrected chi connectivity index (χ3v) is 7.80. The Kier molecular flexibility index (Phi) is 6.35. The Bertz CT molecular complexity index is 1150. The second-order valence-corrected chi connectivity index (χ2v) is 10.3. The van der Waals surface area contributed by atoms with Crippen LogP contribution in [-0.4, -0.2) is 51.1 Å². The molecule has 0 unspecified atom stereocenters. The molecule has 4 rings (SSSR count). The molecule has 3 aromatic rings. The summed E-state index contributed by atoms with van der Waals surface area (Å²) >= 11 is 1.45. The SMILES string of the molecule is CN(C)c1ccc(C=NNc2nc(-c3ccc(S(=O)(=O)N4CCCC4)cc3)cs2)cc1. The highest BCUT2D eigenvalue weighted by Gasteiger charge is 2.26. The maximum atomic E-state index is 12.7. The van der Waals surface area contributed by atoms with Crippen LogP contribution in [0.4, 0.5) is 10.8 Å². The molecular formula is C22H25N5O2S2. The van der Waals surface area contributed by atoms with Crippen molar-refractivity contribution in [1.82, 2.24) is 9.29 Å². The normalized spacial score (nSPS) is 14.9. The van der Waals surface area contributed by atoms with Gasteiger partial charge in [0.2, 0.25) is 15.2 Å². The van der Waals surface area contributed by atoms with E-state index < -0.39 is 10.0 Å². The number of benzene rings is 2. The van der Waals surface area contributed by atoms with E-state index in [0.29, 0.717) is 23.1 Å². The summed E-state index contributed by atoms with van der Waals surface area (Å²) in [6, 6.07) is 15.0. The molecule has 1 fully saturated rings. The number of hydrazone groups is 1. The monoisotopic (exact) mass is 455 g/mol. The van der Waals surface area contributed by atoms with Gasteiger partial charge in [-0.25, -0.2) is 13.4 Å². The smallest absolute Gasteiger partial charge is 0.243 e. The Morgan fingerprint density at radius 1 is 1.06 bits per heavy atom. The van der Waals surface area contributed by atoms with Crippen molar-refractivity contribution in [2.45, 2.75) is 17.7 Å². The zero-order valence-corrected chi connectivity index (χ0v) is 19.2. The lowest BCUT2D eigenvalue weighted by molar-refractivity contribution is 0.477. The van der Waals surface area contributed by atoms with Crippen LogP contribution in [0.3, 0.4) is 0 Å². The molecule has 1 saturated heterocycles. The van der Waals surface area contributed by atoms with Crippen LogP contribution in [0.25, 0.3) is 11.3 Å². The van der Waals surface area contributed by atoms with E-state index in [-0.39, 0.29) is 0 Å². The van der Waals surface area contributed by atoms with E-state index in [0.717, 1.165) is 35.3 Å². The molecule has 1 aliphatic heterocycles. The Labute approximate surface area is 187 Å². The van der Waals surface area contributed by atoms with Crippen LogP contribution < -0.4 is 10.3 Å². The van der Waals surface area contributed by atoms with Crippen molar-refractivity contribution in [2.24, 2.45) is 5.10 Å². The highest BCUT2D eigenvalue weighted by molar-refractivity contribution is 7.89. The van der Waals surface area contributed by atoms with E-state index in [1.54, 1.807) is 34.8 Å². The quantitative estimate of drug-likeness (QED) is 0.429. The number of thiazole rings is 1. The maximum absolute atomic E-state index is 12.7. The zero-order valence-electron chi connectivity index (χ0n) is 17.5. The van der Waals surface area contributed by atoms with Crippen molar-refractivity contribution < 1.29 is 8.42 Å². The molecule has 2 aromatic carbocycles. The molecule has 0 atom stereocenters. The molecule has 0 radical (unpaired) electrons. The van der Waals surface area contributed by atoms with Gasteiger partial charge < -0.3 is 4.90 Å². The highest BCUT2D eigenvalue weighted by atomic mass is 32.2. The van der Waals surface area contributed by atoms with Gasteiger partial charge in [-0.2, -0.15) is 9.41 Å². The maximum Gasteiger partial charge on any atom is 0.243 e. The van der Waals surface area contributed by atoms with Crippen LogP contribution >= 0.6 is 11.3 Å². The van der Waals surface area contributed by atoms with Crippen LogP contribution in [0.2, 0.25) is 0 Å². The summed E-state index contributed by atoms with van der Waals surface area (Å²) < 4.78 is 26.9. The summed E-state index contributed by atoms with van der Waals surface area (Å²) in [4.78, 5) is 6.92. The third-order valence-electron chi connectivity index (χ3n) is 5.14. The van der Waals surface area contributed by atoms with Gasteiger partial charge in [-0.1, -0.05) is 24.3 Å². The highest BCUT2D eigenvalue weighted by Crippen LogP contribution is 2.27. The summed E-state index contributed by atoms with van der Waals surface area (Å²) in [6.07, 6.45) is 3.60. The predicted octanol–water partition coefficient (Wildman–Crippen LogP) is 4.11. The molecular weight excluding hydrogens is 430 g/mol. The third kappa shape index (κ3) is 4.95. The molecule has 1 aromatic heterocycles. The average molecular weight is 456 g/mol. The first-order chi connectivity index (χ1) is 14.9. The van der Waals surface area contributed by atoms with E-state index in [9.17, 15) is 8.42 Å². The number of anilines is 2. The molecule has 0 amide bonds. The lowest BCUT2D eigenvalue weighted by Crippen LogP contribution is -2.27. The van der Waals surface area contributed by atoms with Gasteiger partial charge in [-0.3, -0.25) is 5.43 Å². The Morgan fingerprint density at radius 2 is 1.74 bits per heavy atom. The van der Waals surface area contributed by atoms with E-state index in [1.807, 2.05) is 48.6 Å². The van der Waals surface area contributed by atoms with Gasteiger partial charge in [0.05, 0.1) is 16.8 Å². The number of rotatable bonds is 7. The second-order valence-electron chi connectivity index (χ2n) is 7.53. The van der Waals surface area contributed by atoms with Crippen molar-refractivity contribution in [2.75, 3.05) is 37.5 Å². The molecule has 1 N–H and O–H groups in total. The molecule has 7 nitrogen and oxygen atoms in total. The Balaban J connectivity index is 1.40. The molecule has 162 valence electrons. The van der Waals surface area contributed by atoms with E-state index in [1.165, 1.54) is 11.3 Å². The molecule has 0 aliphatic carbocycles. The van der Waals surface area contributed by atoms with Gasteiger partial charge in [-0.15, -0.1) is 11.3 Å². The van der Waals surface area contributed by atoms with Gasteiger partial charge >= 0.3 is 0 Å². The van der Waals surface area contributed by atoms with Crippen molar-refractivity contribution in [1.29, 1.82) is 0 Å².